The standard InChI is InChI=1S/C16H20N.5C15H18N/c1-11-8-6-7-9-15(11)16-14(4)13(3)12(2)10-17(16)5;1-11-9-13(3)15(16(4)10-11)14-8-6-5-7-12(14)2;2*1-11-7-5-6-8-14(11)15-9-12(2)13(3)10-16(15)4;1-11-9-10-16(4)15(13(11)3)14-8-6-5-7-12(14)2;1-4-13-9-10-15(16(3)11-13)14-8-6-5-7-12(14)2/h6-10H,1-5H3;4*5-10H,1-4H3;5-11H,4H2,1-3H3/q6*+1/i2D3;1D3;2*3D3;;. The normalized spacial score (nSPS) is 12.9. The Hall–Kier alpha value is -9.78. The zero-order valence-corrected chi connectivity index (χ0v) is 61.2. The van der Waals surface area contributed by atoms with Crippen LogP contribution in [0.5, 0.6) is 0 Å². The lowest BCUT2D eigenvalue weighted by molar-refractivity contribution is -0.661. The van der Waals surface area contributed by atoms with Crippen LogP contribution in [0.4, 0.5) is 0 Å². The van der Waals surface area contributed by atoms with Crippen LogP contribution in [0.1, 0.15) is 124 Å². The van der Waals surface area contributed by atoms with E-state index in [4.69, 9.17) is 16.4 Å². The van der Waals surface area contributed by atoms with Gasteiger partial charge < -0.3 is 0 Å². The Morgan fingerprint density at radius 2 is 0.619 bits per heavy atom. The van der Waals surface area contributed by atoms with Gasteiger partial charge in [0.15, 0.2) is 37.2 Å². The van der Waals surface area contributed by atoms with E-state index in [0.717, 1.165) is 79.3 Å². The fraction of sp³-hybridized carbons (Fsp3) is 0.275. The van der Waals surface area contributed by atoms with E-state index in [0.29, 0.717) is 22.3 Å². The highest BCUT2D eigenvalue weighted by atomic mass is 14.9. The molecule has 0 bridgehead atoms. The number of pyridine rings is 6. The Labute approximate surface area is 601 Å². The molecule has 0 fully saturated rings. The third kappa shape index (κ3) is 18.8. The van der Waals surface area contributed by atoms with Gasteiger partial charge in [-0.1, -0.05) is 116 Å². The second kappa shape index (κ2) is 34.2. The Morgan fingerprint density at radius 1 is 0.258 bits per heavy atom. The molecule has 0 unspecified atom stereocenters. The van der Waals surface area contributed by atoms with Gasteiger partial charge in [0, 0.05) is 119 Å². The maximum absolute atomic E-state index is 7.64. The van der Waals surface area contributed by atoms with Crippen molar-refractivity contribution < 1.29 is 43.9 Å². The molecule has 0 atom stereocenters. The molecule has 0 saturated heterocycles. The summed E-state index contributed by atoms with van der Waals surface area (Å²) in [6.45, 7) is 20.4. The van der Waals surface area contributed by atoms with Crippen LogP contribution in [0.3, 0.4) is 0 Å². The topological polar surface area (TPSA) is 23.3 Å². The van der Waals surface area contributed by atoms with E-state index in [2.05, 4.69) is 213 Å². The first-order valence-corrected chi connectivity index (χ1v) is 33.3. The molecule has 6 heteroatoms. The molecule has 0 aliphatic rings. The molecule has 12 rings (SSSR count). The van der Waals surface area contributed by atoms with Gasteiger partial charge in [0.25, 0.3) is 0 Å². The van der Waals surface area contributed by atoms with Crippen molar-refractivity contribution >= 4 is 0 Å². The van der Waals surface area contributed by atoms with Crippen molar-refractivity contribution in [3.63, 3.8) is 0 Å². The Kier molecular flexibility index (Phi) is 20.7. The van der Waals surface area contributed by atoms with E-state index >= 15 is 0 Å². The van der Waals surface area contributed by atoms with Gasteiger partial charge in [0.2, 0.25) is 34.2 Å². The molecule has 0 spiro atoms. The zero-order valence-electron chi connectivity index (χ0n) is 73.2. The van der Waals surface area contributed by atoms with E-state index < -0.39 is 27.4 Å². The van der Waals surface area contributed by atoms with Crippen molar-refractivity contribution in [3.05, 3.63) is 319 Å². The van der Waals surface area contributed by atoms with E-state index in [1.54, 1.807) is 30.9 Å². The fourth-order valence-electron chi connectivity index (χ4n) is 12.2. The van der Waals surface area contributed by atoms with Gasteiger partial charge in [0.1, 0.15) is 42.3 Å². The monoisotopic (exact) mass is 1300 g/mol. The average Bonchev–Trinajstić information content (AvgIpc) is 0.766. The Bertz CT molecular complexity index is 5070. The van der Waals surface area contributed by atoms with Crippen molar-refractivity contribution in [2.24, 2.45) is 42.3 Å². The number of aryl methyl sites for hydroxylation is 21. The second-order valence-corrected chi connectivity index (χ2v) is 25.7. The maximum atomic E-state index is 7.64. The van der Waals surface area contributed by atoms with Crippen molar-refractivity contribution in [1.29, 1.82) is 0 Å². The molecule has 12 aromatic rings. The third-order valence-electron chi connectivity index (χ3n) is 18.3. The molecule has 498 valence electrons. The largest absolute Gasteiger partial charge is 0.215 e. The van der Waals surface area contributed by atoms with Crippen molar-refractivity contribution in [2.75, 3.05) is 0 Å². The van der Waals surface area contributed by atoms with E-state index in [1.807, 2.05) is 142 Å². The number of hydrogen-bond donors (Lipinski definition) is 0. The molecule has 0 aliphatic carbocycles. The summed E-state index contributed by atoms with van der Waals surface area (Å²) in [6, 6.07) is 61.8. The minimum absolute atomic E-state index is 0.379. The van der Waals surface area contributed by atoms with Crippen LogP contribution < -0.4 is 27.4 Å². The molecular weight excluding hydrogens is 1180 g/mol. The third-order valence-corrected chi connectivity index (χ3v) is 18.3. The van der Waals surface area contributed by atoms with Gasteiger partial charge in [-0.3, -0.25) is 0 Å². The summed E-state index contributed by atoms with van der Waals surface area (Å²) in [4.78, 5) is 0. The smallest absolute Gasteiger partial charge is 0.201 e. The minimum atomic E-state index is -2.07. The highest BCUT2D eigenvalue weighted by Gasteiger charge is 2.21. The van der Waals surface area contributed by atoms with Crippen LogP contribution in [0.2, 0.25) is 0 Å². The summed E-state index contributed by atoms with van der Waals surface area (Å²) in [5, 5.41) is 0. The summed E-state index contributed by atoms with van der Waals surface area (Å²) in [5.41, 5.74) is 31.5. The van der Waals surface area contributed by atoms with Gasteiger partial charge in [-0.25, -0.2) is 27.4 Å². The van der Waals surface area contributed by atoms with Crippen LogP contribution in [0.25, 0.3) is 67.5 Å². The first-order valence-electron chi connectivity index (χ1n) is 39.3. The molecule has 0 amide bonds. The Morgan fingerprint density at radius 3 is 1.00 bits per heavy atom. The van der Waals surface area contributed by atoms with E-state index in [9.17, 15) is 0 Å². The molecule has 6 aromatic carbocycles. The summed E-state index contributed by atoms with van der Waals surface area (Å²) >= 11 is 0. The molecule has 0 N–H and O–H groups in total. The van der Waals surface area contributed by atoms with Gasteiger partial charge in [-0.05, 0) is 228 Å². The fourth-order valence-corrected chi connectivity index (χ4v) is 12.2. The molecular formula is C91H110N6+6. The summed E-state index contributed by atoms with van der Waals surface area (Å²) in [6.07, 6.45) is 12.3. The number of rotatable bonds is 7. The van der Waals surface area contributed by atoms with Gasteiger partial charge in [-0.15, -0.1) is 0 Å². The van der Waals surface area contributed by atoms with Crippen LogP contribution in [-0.2, 0) is 48.7 Å². The average molecular weight is 1300 g/mol. The van der Waals surface area contributed by atoms with Crippen LogP contribution in [-0.4, -0.2) is 0 Å². The Balaban J connectivity index is 0.000000182. The highest BCUT2D eigenvalue weighted by Crippen LogP contribution is 2.29. The molecule has 6 aromatic heterocycles. The predicted molar refractivity (Wildman–Crippen MR) is 408 cm³/mol. The molecule has 6 nitrogen and oxygen atoms in total. The number of aromatic nitrogens is 6. The SMILES string of the molecule is CCc1ccc(-c2ccccc2C)[n+](C)c1.Cc1ccccc1-c1c(C)c(C)cc[n+]1C.[2H]C([2H])([2H])c1c[n+](C)c(-c2ccccc2C)c(C)c1C.[2H]C([2H])([2H])c1c[n+](C)c(-c2ccccc2C)cc1C.[2H]C([2H])([2H])c1c[n+](C)c(-c2ccccc2C)cc1C.[2H]C([2H])([2H])c1cc(C)c(-c2ccccc2C)[n+](C)c1. The molecule has 0 radical (unpaired) electrons. The summed E-state index contributed by atoms with van der Waals surface area (Å²) < 4.78 is 103. The summed E-state index contributed by atoms with van der Waals surface area (Å²) in [5.74, 6) is 0. The number of nitrogens with zero attached hydrogens (tertiary/aromatic N) is 6. The lowest BCUT2D eigenvalue weighted by Crippen LogP contribution is -2.33. The second-order valence-electron chi connectivity index (χ2n) is 25.7. The molecule has 0 aliphatic heterocycles. The van der Waals surface area contributed by atoms with Crippen LogP contribution in [0.15, 0.2) is 219 Å². The van der Waals surface area contributed by atoms with Crippen molar-refractivity contribution in [2.45, 2.75) is 131 Å². The molecule has 0 saturated carbocycles. The molecule has 6 heterocycles. The zero-order chi connectivity index (χ0) is 80.9. The minimum Gasteiger partial charge on any atom is -0.201 e. The summed E-state index contributed by atoms with van der Waals surface area (Å²) in [7, 11) is 11.8. The van der Waals surface area contributed by atoms with Gasteiger partial charge in [-0.2, -0.15) is 0 Å². The van der Waals surface area contributed by atoms with Crippen LogP contribution >= 0.6 is 0 Å². The first kappa shape index (κ1) is 58.6. The highest BCUT2D eigenvalue weighted by molar-refractivity contribution is 5.68. The van der Waals surface area contributed by atoms with E-state index in [-0.39, 0.29) is 0 Å². The van der Waals surface area contributed by atoms with E-state index in [1.165, 1.54) is 72.6 Å². The van der Waals surface area contributed by atoms with Crippen molar-refractivity contribution in [3.8, 4) is 67.5 Å². The predicted octanol–water partition coefficient (Wildman–Crippen LogP) is 18.9. The number of hydrogen-bond acceptors (Lipinski definition) is 0. The molecule has 97 heavy (non-hydrogen) atoms. The lowest BCUT2D eigenvalue weighted by Gasteiger charge is -2.10. The van der Waals surface area contributed by atoms with Gasteiger partial charge in [0.05, 0.1) is 0 Å². The van der Waals surface area contributed by atoms with Crippen LogP contribution in [0, 0.1) is 117 Å². The quantitative estimate of drug-likeness (QED) is 0.142. The number of benzene rings is 6. The lowest BCUT2D eigenvalue weighted by atomic mass is 9.97. The van der Waals surface area contributed by atoms with Crippen molar-refractivity contribution in [1.82, 2.24) is 0 Å². The first-order chi connectivity index (χ1) is 51.0. The maximum Gasteiger partial charge on any atom is 0.215 e. The van der Waals surface area contributed by atoms with Gasteiger partial charge >= 0.3 is 0 Å².